The highest BCUT2D eigenvalue weighted by atomic mass is 32.2. The zero-order valence-electron chi connectivity index (χ0n) is 14.6. The maximum absolute atomic E-state index is 12.3. The molecule has 7 heteroatoms. The normalized spacial score (nSPS) is 15.6. The summed E-state index contributed by atoms with van der Waals surface area (Å²) in [7, 11) is -3.46. The summed E-state index contributed by atoms with van der Waals surface area (Å²) in [4.78, 5) is 14.1. The summed E-state index contributed by atoms with van der Waals surface area (Å²) in [5, 5.41) is 0. The number of benzene rings is 1. The molecule has 0 radical (unpaired) electrons. The summed E-state index contributed by atoms with van der Waals surface area (Å²) < 4.78 is 31.1. The molecule has 0 atom stereocenters. The summed E-state index contributed by atoms with van der Waals surface area (Å²) in [6, 6.07) is 7.46. The van der Waals surface area contributed by atoms with Gasteiger partial charge in [-0.05, 0) is 17.5 Å². The van der Waals surface area contributed by atoms with Gasteiger partial charge in [0, 0.05) is 26.1 Å². The van der Waals surface area contributed by atoms with Crippen molar-refractivity contribution in [1.29, 1.82) is 0 Å². The van der Waals surface area contributed by atoms with Crippen LogP contribution in [0.3, 0.4) is 0 Å². The molecule has 1 aromatic carbocycles. The molecule has 1 saturated heterocycles. The Balaban J connectivity index is 2.17. The summed E-state index contributed by atoms with van der Waals surface area (Å²) in [6.45, 7) is 6.42. The number of morpholine rings is 1. The number of anilines is 1. The van der Waals surface area contributed by atoms with E-state index in [1.807, 2.05) is 32.0 Å². The number of amides is 1. The van der Waals surface area contributed by atoms with Crippen molar-refractivity contribution in [1.82, 2.24) is 4.90 Å². The van der Waals surface area contributed by atoms with Crippen LogP contribution in [0.1, 0.15) is 31.7 Å². The van der Waals surface area contributed by atoms with E-state index in [0.717, 1.165) is 5.56 Å². The van der Waals surface area contributed by atoms with E-state index >= 15 is 0 Å². The standard InChI is InChI=1S/C17H26N2O4S/c1-14(2)15-6-4-5-7-16(15)19(24(3,21)22)9-8-17(20)18-10-12-23-13-11-18/h4-7,14H,8-13H2,1-3H3. The van der Waals surface area contributed by atoms with Gasteiger partial charge in [-0.25, -0.2) is 8.42 Å². The predicted molar refractivity (Wildman–Crippen MR) is 94.7 cm³/mol. The van der Waals surface area contributed by atoms with Crippen LogP contribution in [0.15, 0.2) is 24.3 Å². The van der Waals surface area contributed by atoms with Crippen molar-refractivity contribution in [3.63, 3.8) is 0 Å². The van der Waals surface area contributed by atoms with Gasteiger partial charge < -0.3 is 9.64 Å². The third-order valence-corrected chi connectivity index (χ3v) is 5.30. The Kier molecular flexibility index (Phi) is 6.23. The molecule has 1 heterocycles. The maximum Gasteiger partial charge on any atom is 0.232 e. The van der Waals surface area contributed by atoms with Crippen molar-refractivity contribution in [3.05, 3.63) is 29.8 Å². The zero-order chi connectivity index (χ0) is 17.7. The van der Waals surface area contributed by atoms with Crippen molar-refractivity contribution >= 4 is 21.6 Å². The predicted octanol–water partition coefficient (Wildman–Crippen LogP) is 1.82. The summed E-state index contributed by atoms with van der Waals surface area (Å²) in [6.07, 6.45) is 1.35. The fourth-order valence-electron chi connectivity index (χ4n) is 2.84. The number of hydrogen-bond donors (Lipinski definition) is 0. The van der Waals surface area contributed by atoms with Crippen LogP contribution in [0, 0.1) is 0 Å². The molecule has 24 heavy (non-hydrogen) atoms. The molecular formula is C17H26N2O4S. The molecule has 0 unspecified atom stereocenters. The second kappa shape index (κ2) is 7.98. The Labute approximate surface area is 144 Å². The van der Waals surface area contributed by atoms with Gasteiger partial charge in [-0.3, -0.25) is 9.10 Å². The maximum atomic E-state index is 12.3. The number of rotatable bonds is 6. The molecule has 0 spiro atoms. The molecule has 0 bridgehead atoms. The van der Waals surface area contributed by atoms with Crippen molar-refractivity contribution in [2.24, 2.45) is 0 Å². The Bertz CT molecular complexity index is 667. The van der Waals surface area contributed by atoms with Crippen LogP contribution >= 0.6 is 0 Å². The molecule has 6 nitrogen and oxygen atoms in total. The Morgan fingerprint density at radius 3 is 2.46 bits per heavy atom. The molecular weight excluding hydrogens is 328 g/mol. The lowest BCUT2D eigenvalue weighted by atomic mass is 10.0. The lowest BCUT2D eigenvalue weighted by Gasteiger charge is -2.29. The highest BCUT2D eigenvalue weighted by molar-refractivity contribution is 7.92. The Morgan fingerprint density at radius 1 is 1.25 bits per heavy atom. The van der Waals surface area contributed by atoms with E-state index in [1.54, 1.807) is 11.0 Å². The van der Waals surface area contributed by atoms with Crippen LogP contribution in [-0.2, 0) is 19.6 Å². The van der Waals surface area contributed by atoms with E-state index in [-0.39, 0.29) is 24.8 Å². The molecule has 1 aromatic rings. The topological polar surface area (TPSA) is 66.9 Å². The van der Waals surface area contributed by atoms with Crippen LogP contribution in [0.2, 0.25) is 0 Å². The van der Waals surface area contributed by atoms with Gasteiger partial charge in [0.25, 0.3) is 0 Å². The smallest absolute Gasteiger partial charge is 0.232 e. The number of carbonyl (C=O) groups is 1. The first-order valence-electron chi connectivity index (χ1n) is 8.23. The molecule has 2 rings (SSSR count). The second-order valence-corrected chi connectivity index (χ2v) is 8.20. The van der Waals surface area contributed by atoms with Crippen molar-refractivity contribution in [2.45, 2.75) is 26.2 Å². The zero-order valence-corrected chi connectivity index (χ0v) is 15.4. The van der Waals surface area contributed by atoms with E-state index in [9.17, 15) is 13.2 Å². The minimum atomic E-state index is -3.46. The number of sulfonamides is 1. The third kappa shape index (κ3) is 4.70. The van der Waals surface area contributed by atoms with Gasteiger partial charge in [0.1, 0.15) is 0 Å². The number of para-hydroxylation sites is 1. The minimum Gasteiger partial charge on any atom is -0.378 e. The Morgan fingerprint density at radius 2 is 1.88 bits per heavy atom. The SMILES string of the molecule is CC(C)c1ccccc1N(CCC(=O)N1CCOCC1)S(C)(=O)=O. The minimum absolute atomic E-state index is 0.0334. The molecule has 0 aliphatic carbocycles. The molecule has 1 aliphatic heterocycles. The molecule has 134 valence electrons. The van der Waals surface area contributed by atoms with Gasteiger partial charge in [-0.1, -0.05) is 32.0 Å². The van der Waals surface area contributed by atoms with Gasteiger partial charge in [-0.2, -0.15) is 0 Å². The largest absolute Gasteiger partial charge is 0.378 e. The lowest BCUT2D eigenvalue weighted by molar-refractivity contribution is -0.134. The molecule has 1 aliphatic rings. The summed E-state index contributed by atoms with van der Waals surface area (Å²) in [5.74, 6) is 0.161. The van der Waals surface area contributed by atoms with Crippen LogP contribution in [0.25, 0.3) is 0 Å². The second-order valence-electron chi connectivity index (χ2n) is 6.29. The van der Waals surface area contributed by atoms with Gasteiger partial charge in [0.05, 0.1) is 25.2 Å². The quantitative estimate of drug-likeness (QED) is 0.782. The number of nitrogens with zero attached hydrogens (tertiary/aromatic N) is 2. The molecule has 0 aromatic heterocycles. The molecule has 1 amide bonds. The fourth-order valence-corrected chi connectivity index (χ4v) is 3.78. The van der Waals surface area contributed by atoms with Gasteiger partial charge in [-0.15, -0.1) is 0 Å². The van der Waals surface area contributed by atoms with Crippen molar-refractivity contribution in [2.75, 3.05) is 43.4 Å². The van der Waals surface area contributed by atoms with Crippen LogP contribution < -0.4 is 4.31 Å². The monoisotopic (exact) mass is 354 g/mol. The molecule has 0 saturated carbocycles. The van der Waals surface area contributed by atoms with E-state index < -0.39 is 10.0 Å². The average Bonchev–Trinajstić information content (AvgIpc) is 2.54. The first-order chi connectivity index (χ1) is 11.3. The number of carbonyl (C=O) groups excluding carboxylic acids is 1. The van der Waals surface area contributed by atoms with E-state index in [1.165, 1.54) is 10.6 Å². The molecule has 1 fully saturated rings. The van der Waals surface area contributed by atoms with Gasteiger partial charge in [0.2, 0.25) is 15.9 Å². The van der Waals surface area contributed by atoms with Crippen LogP contribution in [-0.4, -0.2) is 58.3 Å². The van der Waals surface area contributed by atoms with Crippen molar-refractivity contribution < 1.29 is 17.9 Å². The van der Waals surface area contributed by atoms with Gasteiger partial charge in [0.15, 0.2) is 0 Å². The van der Waals surface area contributed by atoms with E-state index in [4.69, 9.17) is 4.74 Å². The molecule has 0 N–H and O–H groups in total. The summed E-state index contributed by atoms with van der Waals surface area (Å²) in [5.41, 5.74) is 1.62. The number of hydrogen-bond acceptors (Lipinski definition) is 4. The van der Waals surface area contributed by atoms with Crippen LogP contribution in [0.4, 0.5) is 5.69 Å². The third-order valence-electron chi connectivity index (χ3n) is 4.12. The lowest BCUT2D eigenvalue weighted by Crippen LogP contribution is -2.42. The van der Waals surface area contributed by atoms with E-state index in [0.29, 0.717) is 32.0 Å². The van der Waals surface area contributed by atoms with Crippen LogP contribution in [0.5, 0.6) is 0 Å². The highest BCUT2D eigenvalue weighted by Gasteiger charge is 2.24. The first-order valence-corrected chi connectivity index (χ1v) is 10.1. The van der Waals surface area contributed by atoms with E-state index in [2.05, 4.69) is 0 Å². The highest BCUT2D eigenvalue weighted by Crippen LogP contribution is 2.29. The first kappa shape index (κ1) is 18.7. The average molecular weight is 354 g/mol. The Hall–Kier alpha value is -1.60. The van der Waals surface area contributed by atoms with Crippen molar-refractivity contribution in [3.8, 4) is 0 Å². The number of ether oxygens (including phenoxy) is 1. The van der Waals surface area contributed by atoms with Gasteiger partial charge >= 0.3 is 0 Å². The fraction of sp³-hybridized carbons (Fsp3) is 0.588. The summed E-state index contributed by atoms with van der Waals surface area (Å²) >= 11 is 0.